The molecule has 0 aliphatic heterocycles. The number of rotatable bonds is 1. The highest BCUT2D eigenvalue weighted by atomic mass is 16.1. The van der Waals surface area contributed by atoms with Gasteiger partial charge in [-0.2, -0.15) is 0 Å². The molecule has 0 aliphatic carbocycles. The van der Waals surface area contributed by atoms with Crippen LogP contribution in [-0.2, 0) is 6.54 Å². The van der Waals surface area contributed by atoms with Crippen LogP contribution in [-0.4, -0.2) is 9.97 Å². The van der Waals surface area contributed by atoms with Crippen LogP contribution in [0.4, 0.5) is 0 Å². The average Bonchev–Trinajstić information content (AvgIpc) is 1.89. The fourth-order valence-electron chi connectivity index (χ4n) is 0.520. The van der Waals surface area contributed by atoms with Crippen LogP contribution in [0.5, 0.6) is 0 Å². The molecule has 0 bridgehead atoms. The van der Waals surface area contributed by atoms with Crippen LogP contribution in [0.25, 0.3) is 0 Å². The first kappa shape index (κ1) is 5.97. The SMILES string of the molecule is NCc1cnc[nH]c1=O. The summed E-state index contributed by atoms with van der Waals surface area (Å²) in [7, 11) is 0. The third-order valence-electron chi connectivity index (χ3n) is 1.01. The summed E-state index contributed by atoms with van der Waals surface area (Å²) in [5, 5.41) is 0. The molecule has 3 N–H and O–H groups in total. The zero-order valence-electron chi connectivity index (χ0n) is 4.79. The van der Waals surface area contributed by atoms with Gasteiger partial charge in [0.2, 0.25) is 0 Å². The second-order valence-corrected chi connectivity index (χ2v) is 1.61. The van der Waals surface area contributed by atoms with E-state index in [2.05, 4.69) is 9.97 Å². The summed E-state index contributed by atoms with van der Waals surface area (Å²) in [6.45, 7) is 0.239. The zero-order valence-corrected chi connectivity index (χ0v) is 4.79. The molecule has 0 aromatic carbocycles. The average molecular weight is 125 g/mol. The van der Waals surface area contributed by atoms with Gasteiger partial charge >= 0.3 is 0 Å². The zero-order chi connectivity index (χ0) is 6.69. The first-order chi connectivity index (χ1) is 4.34. The van der Waals surface area contributed by atoms with Crippen LogP contribution in [0.15, 0.2) is 17.3 Å². The predicted octanol–water partition coefficient (Wildman–Crippen LogP) is -0.771. The number of nitrogens with one attached hydrogen (secondary N) is 1. The molecule has 48 valence electrons. The number of H-pyrrole nitrogens is 1. The van der Waals surface area contributed by atoms with E-state index < -0.39 is 0 Å². The second kappa shape index (κ2) is 2.41. The molecule has 4 nitrogen and oxygen atoms in total. The van der Waals surface area contributed by atoms with Crippen molar-refractivity contribution >= 4 is 0 Å². The van der Waals surface area contributed by atoms with E-state index in [9.17, 15) is 4.79 Å². The molecule has 1 heterocycles. The van der Waals surface area contributed by atoms with Crippen molar-refractivity contribution in [3.8, 4) is 0 Å². The van der Waals surface area contributed by atoms with Crippen molar-refractivity contribution in [2.24, 2.45) is 5.73 Å². The summed E-state index contributed by atoms with van der Waals surface area (Å²) in [6, 6.07) is 0. The fraction of sp³-hybridized carbons (Fsp3) is 0.200. The fourth-order valence-corrected chi connectivity index (χ4v) is 0.520. The van der Waals surface area contributed by atoms with Gasteiger partial charge in [0, 0.05) is 18.3 Å². The quantitative estimate of drug-likeness (QED) is 0.517. The summed E-state index contributed by atoms with van der Waals surface area (Å²) in [5.74, 6) is 0. The lowest BCUT2D eigenvalue weighted by Gasteiger charge is -1.89. The Morgan fingerprint density at radius 1 is 1.78 bits per heavy atom. The number of nitrogens with zero attached hydrogens (tertiary/aromatic N) is 1. The highest BCUT2D eigenvalue weighted by Gasteiger charge is 1.91. The van der Waals surface area contributed by atoms with E-state index in [4.69, 9.17) is 5.73 Å². The van der Waals surface area contributed by atoms with Gasteiger partial charge in [0.15, 0.2) is 0 Å². The Morgan fingerprint density at radius 2 is 2.56 bits per heavy atom. The molecule has 0 fully saturated rings. The van der Waals surface area contributed by atoms with Crippen molar-refractivity contribution in [3.63, 3.8) is 0 Å². The van der Waals surface area contributed by atoms with Crippen molar-refractivity contribution in [2.75, 3.05) is 0 Å². The number of aromatic amines is 1. The molecule has 0 aliphatic rings. The highest BCUT2D eigenvalue weighted by Crippen LogP contribution is 1.79. The Morgan fingerprint density at radius 3 is 3.00 bits per heavy atom. The van der Waals surface area contributed by atoms with E-state index in [1.807, 2.05) is 0 Å². The summed E-state index contributed by atoms with van der Waals surface area (Å²) in [4.78, 5) is 16.8. The molecule has 1 rings (SSSR count). The van der Waals surface area contributed by atoms with Crippen molar-refractivity contribution in [2.45, 2.75) is 6.54 Å². The molecule has 9 heavy (non-hydrogen) atoms. The molecule has 0 unspecified atom stereocenters. The van der Waals surface area contributed by atoms with Gasteiger partial charge in [-0.15, -0.1) is 0 Å². The number of nitrogens with two attached hydrogens (primary N) is 1. The maximum Gasteiger partial charge on any atom is 0.255 e. The molecule has 0 saturated carbocycles. The number of aromatic nitrogens is 2. The van der Waals surface area contributed by atoms with Crippen molar-refractivity contribution in [1.29, 1.82) is 0 Å². The Kier molecular flexibility index (Phi) is 1.60. The lowest BCUT2D eigenvalue weighted by molar-refractivity contribution is 0.974. The van der Waals surface area contributed by atoms with Crippen LogP contribution < -0.4 is 11.3 Å². The van der Waals surface area contributed by atoms with Gasteiger partial charge in [0.1, 0.15) is 0 Å². The number of hydrogen-bond donors (Lipinski definition) is 2. The minimum Gasteiger partial charge on any atom is -0.326 e. The van der Waals surface area contributed by atoms with E-state index in [0.29, 0.717) is 5.56 Å². The minimum absolute atomic E-state index is 0.160. The number of hydrogen-bond acceptors (Lipinski definition) is 3. The van der Waals surface area contributed by atoms with E-state index in [1.54, 1.807) is 0 Å². The molecule has 0 saturated heterocycles. The normalized spacial score (nSPS) is 9.44. The molecule has 4 heteroatoms. The van der Waals surface area contributed by atoms with E-state index in [1.165, 1.54) is 12.5 Å². The monoisotopic (exact) mass is 125 g/mol. The molecule has 1 aromatic rings. The molecular formula is C5H7N3O. The Hall–Kier alpha value is -1.16. The molecule has 0 amide bonds. The second-order valence-electron chi connectivity index (χ2n) is 1.61. The van der Waals surface area contributed by atoms with Gasteiger partial charge in [-0.25, -0.2) is 4.98 Å². The lowest BCUT2D eigenvalue weighted by Crippen LogP contribution is -2.15. The van der Waals surface area contributed by atoms with Crippen LogP contribution in [0.1, 0.15) is 5.56 Å². The van der Waals surface area contributed by atoms with Gasteiger partial charge in [-0.1, -0.05) is 0 Å². The first-order valence-corrected chi connectivity index (χ1v) is 2.56. The van der Waals surface area contributed by atoms with Crippen molar-refractivity contribution in [3.05, 3.63) is 28.4 Å². The summed E-state index contributed by atoms with van der Waals surface area (Å²) < 4.78 is 0. The Labute approximate surface area is 51.7 Å². The smallest absolute Gasteiger partial charge is 0.255 e. The molecular weight excluding hydrogens is 118 g/mol. The van der Waals surface area contributed by atoms with Crippen molar-refractivity contribution < 1.29 is 0 Å². The van der Waals surface area contributed by atoms with Gasteiger partial charge in [-0.05, 0) is 0 Å². The molecule has 0 radical (unpaired) electrons. The van der Waals surface area contributed by atoms with Crippen LogP contribution in [0.3, 0.4) is 0 Å². The highest BCUT2D eigenvalue weighted by molar-refractivity contribution is 5.01. The third-order valence-corrected chi connectivity index (χ3v) is 1.01. The van der Waals surface area contributed by atoms with Crippen LogP contribution >= 0.6 is 0 Å². The third kappa shape index (κ3) is 1.14. The topological polar surface area (TPSA) is 71.8 Å². The molecule has 1 aromatic heterocycles. The lowest BCUT2D eigenvalue weighted by atomic mass is 10.3. The van der Waals surface area contributed by atoms with Crippen LogP contribution in [0.2, 0.25) is 0 Å². The van der Waals surface area contributed by atoms with Crippen LogP contribution in [0, 0.1) is 0 Å². The maximum atomic E-state index is 10.7. The largest absolute Gasteiger partial charge is 0.326 e. The summed E-state index contributed by atoms with van der Waals surface area (Å²) in [6.07, 6.45) is 2.79. The predicted molar refractivity (Wildman–Crippen MR) is 32.7 cm³/mol. The van der Waals surface area contributed by atoms with E-state index in [-0.39, 0.29) is 12.1 Å². The van der Waals surface area contributed by atoms with E-state index in [0.717, 1.165) is 0 Å². The van der Waals surface area contributed by atoms with E-state index >= 15 is 0 Å². The van der Waals surface area contributed by atoms with Gasteiger partial charge in [-0.3, -0.25) is 4.79 Å². The van der Waals surface area contributed by atoms with Gasteiger partial charge < -0.3 is 10.7 Å². The summed E-state index contributed by atoms with van der Waals surface area (Å²) >= 11 is 0. The summed E-state index contributed by atoms with van der Waals surface area (Å²) in [5.41, 5.74) is 5.54. The maximum absolute atomic E-state index is 10.7. The standard InChI is InChI=1S/C5H7N3O/c6-1-4-2-7-3-8-5(4)9/h2-3H,1,6H2,(H,7,8,9). The molecule has 0 spiro atoms. The Balaban J connectivity index is 3.16. The van der Waals surface area contributed by atoms with Gasteiger partial charge in [0.05, 0.1) is 6.33 Å². The van der Waals surface area contributed by atoms with Gasteiger partial charge in [0.25, 0.3) is 5.56 Å². The first-order valence-electron chi connectivity index (χ1n) is 2.56. The minimum atomic E-state index is -0.160. The molecule has 0 atom stereocenters. The van der Waals surface area contributed by atoms with Crippen molar-refractivity contribution in [1.82, 2.24) is 9.97 Å². The Bertz CT molecular complexity index is 242.